The van der Waals surface area contributed by atoms with Crippen molar-refractivity contribution in [3.05, 3.63) is 89.5 Å². The number of hydrogen-bond acceptors (Lipinski definition) is 3. The van der Waals surface area contributed by atoms with Crippen molar-refractivity contribution in [1.82, 2.24) is 0 Å². The Bertz CT molecular complexity index is 1280. The van der Waals surface area contributed by atoms with Gasteiger partial charge in [-0.05, 0) is 49.4 Å². The topological polar surface area (TPSA) is 66.5 Å². The Morgan fingerprint density at radius 2 is 1.61 bits per heavy atom. The zero-order chi connectivity index (χ0) is 24.4. The second kappa shape index (κ2) is 9.18. The van der Waals surface area contributed by atoms with E-state index in [1.165, 1.54) is 24.3 Å². The van der Waals surface area contributed by atoms with Crippen LogP contribution in [0.15, 0.2) is 71.6 Å². The van der Waals surface area contributed by atoms with Crippen LogP contribution in [-0.2, 0) is 21.0 Å². The molecule has 0 unspecified atom stereocenters. The molecule has 3 aromatic carbocycles. The van der Waals surface area contributed by atoms with Crippen LogP contribution >= 0.6 is 0 Å². The van der Waals surface area contributed by atoms with Crippen molar-refractivity contribution in [3.63, 3.8) is 0 Å². The van der Waals surface area contributed by atoms with Gasteiger partial charge in [0.05, 0.1) is 16.1 Å². The maximum atomic E-state index is 13.4. The van der Waals surface area contributed by atoms with Crippen LogP contribution in [-0.4, -0.2) is 20.9 Å². The normalized spacial score (nSPS) is 11.8. The van der Waals surface area contributed by atoms with Crippen molar-refractivity contribution in [3.8, 4) is 0 Å². The number of halogens is 5. The molecule has 1 N–H and O–H groups in total. The number of carbonyl (C=O) groups excluding carboxylic acids is 1. The number of carbonyl (C=O) groups is 1. The van der Waals surface area contributed by atoms with Gasteiger partial charge in [-0.15, -0.1) is 0 Å². The first-order chi connectivity index (χ1) is 15.4. The molecule has 33 heavy (non-hydrogen) atoms. The quantitative estimate of drug-likeness (QED) is 0.494. The molecule has 0 aromatic heterocycles. The maximum absolute atomic E-state index is 13.4. The van der Waals surface area contributed by atoms with E-state index in [2.05, 4.69) is 5.32 Å². The molecule has 0 aliphatic rings. The van der Waals surface area contributed by atoms with Crippen LogP contribution in [0.1, 0.15) is 11.1 Å². The van der Waals surface area contributed by atoms with Gasteiger partial charge >= 0.3 is 6.18 Å². The lowest BCUT2D eigenvalue weighted by atomic mass is 10.2. The molecule has 0 heterocycles. The predicted molar refractivity (Wildman–Crippen MR) is 112 cm³/mol. The fraction of sp³-hybridized carbons (Fsp3) is 0.136. The van der Waals surface area contributed by atoms with Gasteiger partial charge in [0.1, 0.15) is 6.54 Å². The first-order valence-corrected chi connectivity index (χ1v) is 10.8. The minimum Gasteiger partial charge on any atom is -0.324 e. The molecule has 0 saturated heterocycles. The molecule has 5 nitrogen and oxygen atoms in total. The third-order valence-electron chi connectivity index (χ3n) is 4.56. The molecule has 0 spiro atoms. The third kappa shape index (κ3) is 5.67. The summed E-state index contributed by atoms with van der Waals surface area (Å²) in [6.07, 6.45) is -4.75. The molecule has 0 radical (unpaired) electrons. The highest BCUT2D eigenvalue weighted by Gasteiger charge is 2.33. The summed E-state index contributed by atoms with van der Waals surface area (Å²) in [7, 11) is -4.46. The van der Waals surface area contributed by atoms with Gasteiger partial charge in [0, 0.05) is 11.8 Å². The molecular formula is C22H17F5N2O3S. The van der Waals surface area contributed by atoms with Crippen LogP contribution < -0.4 is 9.62 Å². The van der Waals surface area contributed by atoms with Crippen LogP contribution in [0.4, 0.5) is 33.3 Å². The smallest absolute Gasteiger partial charge is 0.324 e. The highest BCUT2D eigenvalue weighted by molar-refractivity contribution is 7.92. The van der Waals surface area contributed by atoms with Gasteiger partial charge in [0.25, 0.3) is 10.0 Å². The molecule has 0 aliphatic heterocycles. The van der Waals surface area contributed by atoms with Gasteiger partial charge in [-0.25, -0.2) is 17.2 Å². The lowest BCUT2D eigenvalue weighted by molar-refractivity contribution is -0.137. The van der Waals surface area contributed by atoms with E-state index in [0.29, 0.717) is 16.4 Å². The third-order valence-corrected chi connectivity index (χ3v) is 6.35. The number of alkyl halides is 3. The molecule has 0 saturated carbocycles. The molecule has 0 aliphatic carbocycles. The molecule has 3 aromatic rings. The van der Waals surface area contributed by atoms with E-state index in [1.807, 2.05) is 0 Å². The van der Waals surface area contributed by atoms with Crippen LogP contribution in [0.25, 0.3) is 0 Å². The number of benzene rings is 3. The van der Waals surface area contributed by atoms with Crippen LogP contribution in [0.2, 0.25) is 0 Å². The number of sulfonamides is 1. The van der Waals surface area contributed by atoms with Gasteiger partial charge < -0.3 is 5.32 Å². The van der Waals surface area contributed by atoms with E-state index in [0.717, 1.165) is 35.9 Å². The van der Waals surface area contributed by atoms with Crippen molar-refractivity contribution in [2.24, 2.45) is 0 Å². The summed E-state index contributed by atoms with van der Waals surface area (Å²) in [5.74, 6) is -3.37. The molecule has 11 heteroatoms. The number of nitrogens with zero attached hydrogens (tertiary/aromatic N) is 1. The summed E-state index contributed by atoms with van der Waals surface area (Å²) in [5.41, 5.74) is -0.915. The maximum Gasteiger partial charge on any atom is 0.416 e. The van der Waals surface area contributed by atoms with Crippen molar-refractivity contribution >= 4 is 27.3 Å². The molecule has 0 atom stereocenters. The number of amides is 1. The van der Waals surface area contributed by atoms with E-state index in [9.17, 15) is 35.2 Å². The Kier molecular flexibility index (Phi) is 6.73. The van der Waals surface area contributed by atoms with Gasteiger partial charge in [0.2, 0.25) is 5.91 Å². The Morgan fingerprint density at radius 1 is 0.939 bits per heavy atom. The monoisotopic (exact) mass is 484 g/mol. The van der Waals surface area contributed by atoms with Crippen molar-refractivity contribution < 1.29 is 35.2 Å². The Labute approximate surface area is 186 Å². The van der Waals surface area contributed by atoms with Crippen molar-refractivity contribution in [1.29, 1.82) is 0 Å². The number of nitrogens with one attached hydrogen (secondary N) is 1. The molecule has 0 bridgehead atoms. The first-order valence-electron chi connectivity index (χ1n) is 9.39. The average Bonchev–Trinajstić information content (AvgIpc) is 2.74. The Balaban J connectivity index is 2.00. The molecule has 174 valence electrons. The Morgan fingerprint density at radius 3 is 2.21 bits per heavy atom. The lowest BCUT2D eigenvalue weighted by Gasteiger charge is -2.25. The summed E-state index contributed by atoms with van der Waals surface area (Å²) < 4.78 is 93.1. The van der Waals surface area contributed by atoms with Crippen LogP contribution in [0.3, 0.4) is 0 Å². The summed E-state index contributed by atoms with van der Waals surface area (Å²) in [4.78, 5) is 12.3. The zero-order valence-electron chi connectivity index (χ0n) is 17.0. The van der Waals surface area contributed by atoms with Crippen molar-refractivity contribution in [2.45, 2.75) is 18.0 Å². The fourth-order valence-corrected chi connectivity index (χ4v) is 4.31. The zero-order valence-corrected chi connectivity index (χ0v) is 17.8. The lowest BCUT2D eigenvalue weighted by Crippen LogP contribution is -2.38. The van der Waals surface area contributed by atoms with E-state index >= 15 is 0 Å². The predicted octanol–water partition coefficient (Wildman–Crippen LogP) is 5.13. The highest BCUT2D eigenvalue weighted by atomic mass is 32.2. The highest BCUT2D eigenvalue weighted by Crippen LogP contribution is 2.33. The number of rotatable bonds is 6. The van der Waals surface area contributed by atoms with Gasteiger partial charge in [-0.3, -0.25) is 9.10 Å². The summed E-state index contributed by atoms with van der Waals surface area (Å²) >= 11 is 0. The second-order valence-electron chi connectivity index (χ2n) is 7.05. The average molecular weight is 484 g/mol. The summed E-state index contributed by atoms with van der Waals surface area (Å²) in [6.45, 7) is 0.798. The molecule has 1 amide bonds. The largest absolute Gasteiger partial charge is 0.416 e. The molecule has 3 rings (SSSR count). The van der Waals surface area contributed by atoms with Gasteiger partial charge in [-0.1, -0.05) is 23.8 Å². The Hall–Kier alpha value is -3.47. The molecular weight excluding hydrogens is 467 g/mol. The van der Waals surface area contributed by atoms with Gasteiger partial charge in [-0.2, -0.15) is 13.2 Å². The van der Waals surface area contributed by atoms with E-state index in [1.54, 1.807) is 6.92 Å². The summed E-state index contributed by atoms with van der Waals surface area (Å²) in [6, 6.07) is 11.5. The second-order valence-corrected chi connectivity index (χ2v) is 8.91. The first kappa shape index (κ1) is 24.2. The minimum absolute atomic E-state index is 0.157. The SMILES string of the molecule is Cc1ccc(S(=O)(=O)N(CC(=O)Nc2ccc(F)c(F)c2)c2cccc(C(F)(F)F)c2)cc1. The van der Waals surface area contributed by atoms with Gasteiger partial charge in [0.15, 0.2) is 11.6 Å². The van der Waals surface area contributed by atoms with Crippen LogP contribution in [0.5, 0.6) is 0 Å². The molecule has 0 fully saturated rings. The fourth-order valence-electron chi connectivity index (χ4n) is 2.89. The van der Waals surface area contributed by atoms with E-state index < -0.39 is 51.5 Å². The number of aryl methyl sites for hydroxylation is 1. The van der Waals surface area contributed by atoms with Crippen LogP contribution in [0, 0.1) is 18.6 Å². The number of anilines is 2. The van der Waals surface area contributed by atoms with E-state index in [4.69, 9.17) is 0 Å². The number of hydrogen-bond donors (Lipinski definition) is 1. The minimum atomic E-state index is -4.75. The van der Waals surface area contributed by atoms with E-state index in [-0.39, 0.29) is 10.6 Å². The van der Waals surface area contributed by atoms with Crippen molar-refractivity contribution in [2.75, 3.05) is 16.2 Å². The summed E-state index contributed by atoms with van der Waals surface area (Å²) in [5, 5.41) is 2.21. The standard InChI is InChI=1S/C22H17F5N2O3S/c1-14-5-8-18(9-6-14)33(31,32)29(17-4-2-3-15(11-17)22(25,26)27)13-21(30)28-16-7-10-19(23)20(24)12-16/h2-12H,13H2,1H3,(H,28,30).